The summed E-state index contributed by atoms with van der Waals surface area (Å²) in [4.78, 5) is 203. The molecule has 0 fully saturated rings. The summed E-state index contributed by atoms with van der Waals surface area (Å²) in [5.74, 6) is -16.1. The van der Waals surface area contributed by atoms with E-state index in [1.54, 1.807) is 12.1 Å². The van der Waals surface area contributed by atoms with Crippen molar-refractivity contribution in [2.24, 2.45) is 0 Å². The summed E-state index contributed by atoms with van der Waals surface area (Å²) in [7, 11) is 3.58. The highest BCUT2D eigenvalue weighted by atomic mass is 33.1. The fraction of sp³-hybridized carbons (Fsp3) is 0.627. The number of amides is 10. The number of carboxylic acids is 3. The number of fused-ring (bicyclic) bond motifs is 1. The van der Waals surface area contributed by atoms with Crippen LogP contribution in [0.3, 0.4) is 0 Å². The molecule has 0 bridgehead atoms. The molecule has 2 heterocycles. The first-order valence-electron chi connectivity index (χ1n) is 36.1. The monoisotopic (exact) mass is 1680 g/mol. The number of rotatable bonds is 59. The lowest BCUT2D eigenvalue weighted by molar-refractivity contribution is -0.142. The van der Waals surface area contributed by atoms with Gasteiger partial charge in [0.15, 0.2) is 11.2 Å². The van der Waals surface area contributed by atoms with Gasteiger partial charge in [-0.25, -0.2) is 14.8 Å². The zero-order valence-corrected chi connectivity index (χ0v) is 64.1. The number of aromatic amines is 1. The maximum atomic E-state index is 14.7. The Morgan fingerprint density at radius 2 is 0.896 bits per heavy atom. The van der Waals surface area contributed by atoms with E-state index in [0.717, 1.165) is 10.8 Å². The van der Waals surface area contributed by atoms with Crippen molar-refractivity contribution in [3.63, 3.8) is 0 Å². The quantitative estimate of drug-likeness (QED) is 0.0184. The largest absolute Gasteiger partial charge is 0.481 e. The van der Waals surface area contributed by atoms with E-state index < -0.39 is 303 Å². The molecule has 15 atom stereocenters. The van der Waals surface area contributed by atoms with Gasteiger partial charge in [0, 0.05) is 114 Å². The van der Waals surface area contributed by atoms with Gasteiger partial charge in [0.2, 0.25) is 59.1 Å². The number of nitrogens with two attached hydrogens (primary N) is 1. The molecule has 115 heavy (non-hydrogen) atoms. The number of hydrogen-bond donors (Lipinski definition) is 28. The van der Waals surface area contributed by atoms with Crippen molar-refractivity contribution in [2.45, 2.75) is 194 Å². The van der Waals surface area contributed by atoms with E-state index in [1.807, 2.05) is 0 Å². The zero-order chi connectivity index (χ0) is 85.9. The molecule has 3 aromatic rings. The Morgan fingerprint density at radius 1 is 0.496 bits per heavy atom. The Bertz CT molecular complexity index is 3710. The van der Waals surface area contributed by atoms with E-state index in [-0.39, 0.29) is 54.5 Å². The van der Waals surface area contributed by atoms with Crippen LogP contribution in [0, 0.1) is 0 Å². The molecule has 0 spiro atoms. The van der Waals surface area contributed by atoms with Crippen LogP contribution in [0.5, 0.6) is 0 Å². The standard InChI is InChI=1S/C67H104N16O30S2/c1-113-19-20-114-115-32-44(66(111)112)81-64(109)41(10-15-53(98)73-28-50(95)47(92)23-38(89)31-86)78-63(108)43(12-17-56(102)103)80-61(106)40(9-14-52(97)72-27-49(94)46(91)22-37(88)30-85)77-62(107)42(11-16-55(100)101)79-60(105)39(8-13-51(96)71-26-48(93)45(90)21-36(87)29-84)76-54(99)3-2-18-69-59(104)33-4-6-34(7-5-33)70-24-35-25-74-58-57(75-35)65(110)83-67(68)82-58/h4-7,25,36-50,70,84-95H,2-3,8-24,26-32H2,1H3,(H,69,104)(H,71,96)(H,72,97)(H,73,98)(H,76,99)(H,77,107)(H,78,108)(H,79,105)(H,80,106)(H,81,109)(H,100,101)(H,102,103)(H,111,112)(H3,68,74,82,83,110)/t36-,37-,38-,39-,40-,41-,42+,43+,44+,45-,46-,47-,48-,49-,50-/m0/s1. The predicted molar refractivity (Wildman–Crippen MR) is 403 cm³/mol. The second kappa shape index (κ2) is 53.5. The Hall–Kier alpha value is -9.67. The number of H-pyrrole nitrogens is 1. The van der Waals surface area contributed by atoms with E-state index in [1.165, 1.54) is 36.2 Å². The van der Waals surface area contributed by atoms with Crippen LogP contribution in [0.15, 0.2) is 35.3 Å². The molecular formula is C67H104N16O30S2. The smallest absolute Gasteiger partial charge is 0.327 e. The molecule has 0 aliphatic rings. The molecule has 3 rings (SSSR count). The Morgan fingerprint density at radius 3 is 1.29 bits per heavy atom. The minimum absolute atomic E-state index is 0.0364. The maximum Gasteiger partial charge on any atom is 0.327 e. The number of aliphatic hydroxyl groups is 12. The van der Waals surface area contributed by atoms with Gasteiger partial charge in [-0.15, -0.1) is 0 Å². The second-order valence-corrected chi connectivity index (χ2v) is 28.8. The Kier molecular flexibility index (Phi) is 46.3. The second-order valence-electron chi connectivity index (χ2n) is 26.2. The molecular weight excluding hydrogens is 1570 g/mol. The van der Waals surface area contributed by atoms with Crippen LogP contribution in [0.25, 0.3) is 11.2 Å². The number of aliphatic carboxylic acids is 3. The van der Waals surface area contributed by atoms with Crippen LogP contribution in [0.1, 0.15) is 112 Å². The third kappa shape index (κ3) is 39.5. The highest BCUT2D eigenvalue weighted by Crippen LogP contribution is 2.22. The molecule has 10 amide bonds. The number of nitrogens with one attached hydrogen (secondary N) is 12. The number of hydrogen-bond acceptors (Lipinski definition) is 34. The van der Waals surface area contributed by atoms with Gasteiger partial charge >= 0.3 is 17.9 Å². The molecule has 0 aliphatic heterocycles. The molecule has 0 saturated heterocycles. The van der Waals surface area contributed by atoms with E-state index >= 15 is 0 Å². The van der Waals surface area contributed by atoms with Gasteiger partial charge < -0.3 is 146 Å². The molecule has 0 aliphatic carbocycles. The number of anilines is 2. The van der Waals surface area contributed by atoms with Crippen molar-refractivity contribution in [1.29, 1.82) is 0 Å². The van der Waals surface area contributed by atoms with E-state index in [2.05, 4.69) is 78.4 Å². The highest BCUT2D eigenvalue weighted by Gasteiger charge is 2.36. The first kappa shape index (κ1) is 99.5. The fourth-order valence-electron chi connectivity index (χ4n) is 10.2. The molecule has 0 radical (unpaired) electrons. The average molecular weight is 1680 g/mol. The third-order valence-corrected chi connectivity index (χ3v) is 19.1. The lowest BCUT2D eigenvalue weighted by atomic mass is 10.0. The van der Waals surface area contributed by atoms with Crippen LogP contribution >= 0.6 is 21.6 Å². The lowest BCUT2D eigenvalue weighted by Crippen LogP contribution is -2.59. The summed E-state index contributed by atoms with van der Waals surface area (Å²) in [6, 6.07) is -5.65. The van der Waals surface area contributed by atoms with Crippen LogP contribution in [0.2, 0.25) is 0 Å². The maximum absolute atomic E-state index is 14.7. The van der Waals surface area contributed by atoms with Gasteiger partial charge in [0.1, 0.15) is 36.3 Å². The third-order valence-electron chi connectivity index (χ3n) is 16.8. The van der Waals surface area contributed by atoms with Crippen LogP contribution in [-0.2, 0) is 68.8 Å². The molecule has 48 heteroatoms. The number of aromatic nitrogens is 4. The van der Waals surface area contributed by atoms with Gasteiger partial charge in [0.05, 0.1) is 99.8 Å². The molecule has 2 aromatic heterocycles. The lowest BCUT2D eigenvalue weighted by Gasteiger charge is -2.27. The number of ether oxygens (including phenoxy) is 1. The molecule has 1 aromatic carbocycles. The fourth-order valence-corrected chi connectivity index (χ4v) is 12.3. The van der Waals surface area contributed by atoms with E-state index in [4.69, 9.17) is 15.6 Å². The van der Waals surface area contributed by atoms with Crippen molar-refractivity contribution in [3.8, 4) is 0 Å². The van der Waals surface area contributed by atoms with Gasteiger partial charge in [-0.2, -0.15) is 4.98 Å². The molecule has 29 N–H and O–H groups in total. The molecule has 0 saturated carbocycles. The number of nitrogen functional groups attached to an aromatic ring is 1. The van der Waals surface area contributed by atoms with E-state index in [0.29, 0.717) is 17.1 Å². The van der Waals surface area contributed by atoms with Gasteiger partial charge in [-0.1, -0.05) is 21.6 Å². The van der Waals surface area contributed by atoms with Crippen LogP contribution < -0.4 is 69.8 Å². The minimum Gasteiger partial charge on any atom is -0.481 e. The van der Waals surface area contributed by atoms with Crippen molar-refractivity contribution in [1.82, 2.24) is 73.1 Å². The summed E-state index contributed by atoms with van der Waals surface area (Å²) in [5.41, 5.74) is 6.04. The number of carbonyl (C=O) groups is 13. The van der Waals surface area contributed by atoms with Crippen molar-refractivity contribution < 1.29 is 144 Å². The predicted octanol–water partition coefficient (Wildman–Crippen LogP) is -9.75. The Labute approximate surface area is 663 Å². The van der Waals surface area contributed by atoms with E-state index in [9.17, 15) is 139 Å². The van der Waals surface area contributed by atoms with Crippen molar-refractivity contribution >= 4 is 121 Å². The number of benzene rings is 1. The average Bonchev–Trinajstić information content (AvgIpc) is 0.805. The summed E-state index contributed by atoms with van der Waals surface area (Å²) < 4.78 is 4.98. The summed E-state index contributed by atoms with van der Waals surface area (Å²) in [6.45, 7) is -4.23. The SMILES string of the molecule is COCCSSC[C@@H](NC(=O)[C@H](CCC(=O)NC[C@H](O)[C@@H](O)C[C@H](O)CO)NC(=O)[C@@H](CCC(=O)O)NC(=O)[C@H](CCC(=O)NC[C@H](O)[C@@H](O)C[C@H](O)CO)NC(=O)[C@@H](CCC(=O)O)NC(=O)[C@H](CCC(=O)NC[C@H](O)[C@@H](O)C[C@H](O)CO)NC(=O)CCCNC(=O)c1ccc(NCc2cnc3nc(N)[nH]c(=O)c3n2)cc1)C(=O)O. The summed E-state index contributed by atoms with van der Waals surface area (Å²) >= 11 is 0. The summed E-state index contributed by atoms with van der Waals surface area (Å²) in [5, 5.41) is 175. The number of nitrogens with zero attached hydrogens (tertiary/aromatic N) is 3. The normalized spacial score (nSPS) is 15.2. The molecule has 46 nitrogen and oxygen atoms in total. The topological polar surface area (TPSA) is 764 Å². The molecule has 0 unspecified atom stereocenters. The number of carboxylic acid groups (broad SMARTS) is 3. The van der Waals surface area contributed by atoms with Gasteiger partial charge in [-0.05, 0) is 62.8 Å². The number of methoxy groups -OCH3 is 1. The summed E-state index contributed by atoms with van der Waals surface area (Å²) in [6.07, 6.45) is -23.5. The van der Waals surface area contributed by atoms with Gasteiger partial charge in [-0.3, -0.25) is 67.3 Å². The van der Waals surface area contributed by atoms with Crippen molar-refractivity contribution in [2.75, 3.05) is 82.3 Å². The molecule has 644 valence electrons. The highest BCUT2D eigenvalue weighted by molar-refractivity contribution is 8.76. The van der Waals surface area contributed by atoms with Crippen LogP contribution in [-0.4, -0.2) is 336 Å². The van der Waals surface area contributed by atoms with Crippen molar-refractivity contribution in [3.05, 3.63) is 52.1 Å². The zero-order valence-electron chi connectivity index (χ0n) is 62.5. The van der Waals surface area contributed by atoms with Crippen LogP contribution in [0.4, 0.5) is 11.6 Å². The Balaban J connectivity index is 2.00. The number of aliphatic hydroxyl groups excluding tert-OH is 12. The van der Waals surface area contributed by atoms with Gasteiger partial charge in [0.25, 0.3) is 11.5 Å². The minimum atomic E-state index is -2.12. The number of carbonyl (C=O) groups excluding carboxylic acids is 10. The first-order chi connectivity index (χ1) is 54.5. The first-order valence-corrected chi connectivity index (χ1v) is 38.6.